The topological polar surface area (TPSA) is 52.6 Å². The first-order chi connectivity index (χ1) is 13.2. The number of hydrogen-bond donors (Lipinski definition) is 2. The van der Waals surface area contributed by atoms with Crippen molar-refractivity contribution in [3.63, 3.8) is 0 Å². The van der Waals surface area contributed by atoms with E-state index >= 15 is 0 Å². The van der Waals surface area contributed by atoms with Gasteiger partial charge in [0.2, 0.25) is 0 Å². The van der Waals surface area contributed by atoms with Gasteiger partial charge in [0.1, 0.15) is 5.82 Å². The molecule has 0 bridgehead atoms. The number of hydrogen-bond acceptors (Lipinski definition) is 4. The normalized spacial score (nSPS) is 15.2. The van der Waals surface area contributed by atoms with E-state index in [1.807, 2.05) is 17.5 Å². The van der Waals surface area contributed by atoms with Crippen molar-refractivity contribution in [1.29, 1.82) is 0 Å². The maximum Gasteiger partial charge on any atom is 0.191 e. The quantitative estimate of drug-likeness (QED) is 0.341. The van der Waals surface area contributed by atoms with Crippen molar-refractivity contribution >= 4 is 47.1 Å². The fourth-order valence-corrected chi connectivity index (χ4v) is 4.13. The predicted octanol–water partition coefficient (Wildman–Crippen LogP) is 4.43. The van der Waals surface area contributed by atoms with Crippen LogP contribution in [0.2, 0.25) is 0 Å². The highest BCUT2D eigenvalue weighted by atomic mass is 127. The SMILES string of the molecule is CCc1ccc(CNC(=NC)NCc2ccc(N3CCC(C)CC3)nc2)s1.I. The fourth-order valence-electron chi connectivity index (χ4n) is 3.23. The Morgan fingerprint density at radius 2 is 1.86 bits per heavy atom. The molecule has 0 amide bonds. The molecule has 154 valence electrons. The van der Waals surface area contributed by atoms with Crippen LogP contribution in [0, 0.1) is 5.92 Å². The molecule has 2 aromatic rings. The summed E-state index contributed by atoms with van der Waals surface area (Å²) < 4.78 is 0. The number of guanidine groups is 1. The number of thiophene rings is 1. The summed E-state index contributed by atoms with van der Waals surface area (Å²) in [6.45, 7) is 8.27. The average Bonchev–Trinajstić information content (AvgIpc) is 3.17. The van der Waals surface area contributed by atoms with Crippen LogP contribution in [0.25, 0.3) is 0 Å². The van der Waals surface area contributed by atoms with Gasteiger partial charge in [0.25, 0.3) is 0 Å². The van der Waals surface area contributed by atoms with Gasteiger partial charge in [-0.2, -0.15) is 0 Å². The number of aliphatic imine (C=N–C) groups is 1. The van der Waals surface area contributed by atoms with E-state index in [1.165, 1.54) is 22.6 Å². The minimum absolute atomic E-state index is 0. The zero-order valence-corrected chi connectivity index (χ0v) is 20.2. The number of halogens is 1. The summed E-state index contributed by atoms with van der Waals surface area (Å²) in [4.78, 5) is 14.1. The molecule has 5 nitrogen and oxygen atoms in total. The van der Waals surface area contributed by atoms with Crippen LogP contribution >= 0.6 is 35.3 Å². The van der Waals surface area contributed by atoms with Crippen molar-refractivity contribution in [3.8, 4) is 0 Å². The van der Waals surface area contributed by atoms with Gasteiger partial charge in [0.15, 0.2) is 5.96 Å². The Morgan fingerprint density at radius 1 is 1.14 bits per heavy atom. The molecule has 0 radical (unpaired) electrons. The van der Waals surface area contributed by atoms with Crippen LogP contribution < -0.4 is 15.5 Å². The number of aromatic nitrogens is 1. The molecule has 1 saturated heterocycles. The second kappa shape index (κ2) is 11.6. The standard InChI is InChI=1S/C21H31N5S.HI/c1-4-18-6-7-19(27-18)15-25-21(22-3)24-14-17-5-8-20(23-13-17)26-11-9-16(2)10-12-26;/h5-8,13,16H,4,9-12,14-15H2,1-3H3,(H2,22,24,25);1H. The van der Waals surface area contributed by atoms with Crippen molar-refractivity contribution in [2.45, 2.75) is 46.2 Å². The molecule has 2 N–H and O–H groups in total. The summed E-state index contributed by atoms with van der Waals surface area (Å²) in [6.07, 6.45) is 5.59. The van der Waals surface area contributed by atoms with E-state index < -0.39 is 0 Å². The Hall–Kier alpha value is -1.35. The van der Waals surface area contributed by atoms with E-state index in [0.717, 1.165) is 49.3 Å². The number of aryl methyl sites for hydroxylation is 1. The van der Waals surface area contributed by atoms with Crippen molar-refractivity contribution in [2.75, 3.05) is 25.0 Å². The number of piperidine rings is 1. The fraction of sp³-hybridized carbons (Fsp3) is 0.524. The number of anilines is 1. The average molecular weight is 513 g/mol. The van der Waals surface area contributed by atoms with E-state index in [9.17, 15) is 0 Å². The molecule has 1 aliphatic rings. The molecule has 28 heavy (non-hydrogen) atoms. The van der Waals surface area contributed by atoms with Gasteiger partial charge < -0.3 is 15.5 Å². The van der Waals surface area contributed by atoms with E-state index in [-0.39, 0.29) is 24.0 Å². The van der Waals surface area contributed by atoms with Crippen molar-refractivity contribution < 1.29 is 0 Å². The van der Waals surface area contributed by atoms with E-state index in [1.54, 1.807) is 7.05 Å². The predicted molar refractivity (Wildman–Crippen MR) is 131 cm³/mol. The lowest BCUT2D eigenvalue weighted by molar-refractivity contribution is 0.436. The van der Waals surface area contributed by atoms with Crippen molar-refractivity contribution in [2.24, 2.45) is 10.9 Å². The van der Waals surface area contributed by atoms with Crippen molar-refractivity contribution in [1.82, 2.24) is 15.6 Å². The minimum Gasteiger partial charge on any atom is -0.357 e. The lowest BCUT2D eigenvalue weighted by atomic mass is 9.99. The molecule has 7 heteroatoms. The van der Waals surface area contributed by atoms with Gasteiger partial charge in [-0.15, -0.1) is 35.3 Å². The monoisotopic (exact) mass is 513 g/mol. The third-order valence-electron chi connectivity index (χ3n) is 5.10. The van der Waals surface area contributed by atoms with Crippen LogP contribution in [0.4, 0.5) is 5.82 Å². The van der Waals surface area contributed by atoms with Gasteiger partial charge in [-0.3, -0.25) is 4.99 Å². The van der Waals surface area contributed by atoms with E-state index in [4.69, 9.17) is 0 Å². The molecule has 2 aromatic heterocycles. The van der Waals surface area contributed by atoms with Gasteiger partial charge in [-0.25, -0.2) is 4.98 Å². The van der Waals surface area contributed by atoms with Crippen LogP contribution in [-0.4, -0.2) is 31.1 Å². The Balaban J connectivity index is 0.00000280. The molecule has 1 aliphatic heterocycles. The maximum atomic E-state index is 4.66. The van der Waals surface area contributed by atoms with Crippen LogP contribution in [0.15, 0.2) is 35.5 Å². The summed E-state index contributed by atoms with van der Waals surface area (Å²) in [5.74, 6) is 2.75. The summed E-state index contributed by atoms with van der Waals surface area (Å²) in [7, 11) is 1.81. The molecule has 3 heterocycles. The second-order valence-corrected chi connectivity index (χ2v) is 8.45. The number of pyridine rings is 1. The smallest absolute Gasteiger partial charge is 0.191 e. The van der Waals surface area contributed by atoms with E-state index in [0.29, 0.717) is 6.54 Å². The Bertz CT molecular complexity index is 736. The van der Waals surface area contributed by atoms with Gasteiger partial charge in [0.05, 0.1) is 6.54 Å². The summed E-state index contributed by atoms with van der Waals surface area (Å²) in [5.41, 5.74) is 1.16. The number of nitrogens with zero attached hydrogens (tertiary/aromatic N) is 3. The van der Waals surface area contributed by atoms with Crippen LogP contribution in [0.3, 0.4) is 0 Å². The number of rotatable bonds is 6. The summed E-state index contributed by atoms with van der Waals surface area (Å²) in [5, 5.41) is 6.75. The molecule has 0 aromatic carbocycles. The maximum absolute atomic E-state index is 4.66. The van der Waals surface area contributed by atoms with E-state index in [2.05, 4.69) is 63.6 Å². The highest BCUT2D eigenvalue weighted by molar-refractivity contribution is 14.0. The van der Waals surface area contributed by atoms with Gasteiger partial charge in [-0.05, 0) is 48.9 Å². The van der Waals surface area contributed by atoms with Crippen LogP contribution in [-0.2, 0) is 19.5 Å². The molecular weight excluding hydrogens is 481 g/mol. The van der Waals surface area contributed by atoms with Gasteiger partial charge >= 0.3 is 0 Å². The Labute approximate surface area is 190 Å². The van der Waals surface area contributed by atoms with Crippen LogP contribution in [0.5, 0.6) is 0 Å². The molecular formula is C21H32IN5S. The first-order valence-electron chi connectivity index (χ1n) is 9.90. The molecule has 1 fully saturated rings. The Kier molecular flexibility index (Phi) is 9.50. The van der Waals surface area contributed by atoms with Gasteiger partial charge in [0, 0.05) is 42.6 Å². The molecule has 0 spiro atoms. The molecule has 0 atom stereocenters. The first kappa shape index (κ1) is 22.9. The lowest BCUT2D eigenvalue weighted by Gasteiger charge is -2.31. The van der Waals surface area contributed by atoms with Crippen LogP contribution in [0.1, 0.15) is 42.0 Å². The largest absolute Gasteiger partial charge is 0.357 e. The van der Waals surface area contributed by atoms with Crippen molar-refractivity contribution in [3.05, 3.63) is 45.8 Å². The molecule has 0 saturated carbocycles. The minimum atomic E-state index is 0. The third-order valence-corrected chi connectivity index (χ3v) is 6.33. The summed E-state index contributed by atoms with van der Waals surface area (Å²) >= 11 is 1.86. The first-order valence-corrected chi connectivity index (χ1v) is 10.7. The highest BCUT2D eigenvalue weighted by Crippen LogP contribution is 2.21. The number of nitrogens with one attached hydrogen (secondary N) is 2. The third kappa shape index (κ3) is 6.62. The zero-order chi connectivity index (χ0) is 19.1. The lowest BCUT2D eigenvalue weighted by Crippen LogP contribution is -2.36. The molecule has 0 aliphatic carbocycles. The molecule has 3 rings (SSSR count). The second-order valence-electron chi connectivity index (χ2n) is 7.20. The summed E-state index contributed by atoms with van der Waals surface area (Å²) in [6, 6.07) is 8.69. The Morgan fingerprint density at radius 3 is 2.46 bits per heavy atom. The highest BCUT2D eigenvalue weighted by Gasteiger charge is 2.16. The molecule has 0 unspecified atom stereocenters. The van der Waals surface area contributed by atoms with Gasteiger partial charge in [-0.1, -0.05) is 19.9 Å². The zero-order valence-electron chi connectivity index (χ0n) is 17.1.